The van der Waals surface area contributed by atoms with E-state index < -0.39 is 11.9 Å². The Hall–Kier alpha value is -2.74. The fourth-order valence-electron chi connectivity index (χ4n) is 2.27. The van der Waals surface area contributed by atoms with E-state index in [4.69, 9.17) is 18.9 Å². The second-order valence-electron chi connectivity index (χ2n) is 5.32. The van der Waals surface area contributed by atoms with Crippen molar-refractivity contribution >= 4 is 23.2 Å². The van der Waals surface area contributed by atoms with Gasteiger partial charge in [0.2, 0.25) is 5.75 Å². The van der Waals surface area contributed by atoms with Gasteiger partial charge < -0.3 is 24.3 Å². The molecular weight excluding hydrogens is 358 g/mol. The van der Waals surface area contributed by atoms with E-state index in [-0.39, 0.29) is 13.2 Å². The van der Waals surface area contributed by atoms with Gasteiger partial charge in [-0.05, 0) is 41.6 Å². The summed E-state index contributed by atoms with van der Waals surface area (Å²) in [5, 5.41) is 4.49. The van der Waals surface area contributed by atoms with Gasteiger partial charge in [0.1, 0.15) is 4.88 Å². The number of nitrogens with one attached hydrogen (secondary N) is 1. The van der Waals surface area contributed by atoms with Gasteiger partial charge in [-0.25, -0.2) is 4.79 Å². The number of carbonyl (C=O) groups excluding carboxylic acids is 2. The average molecular weight is 379 g/mol. The van der Waals surface area contributed by atoms with Crippen LogP contribution in [0.1, 0.15) is 20.8 Å². The number of benzene rings is 1. The van der Waals surface area contributed by atoms with E-state index in [0.29, 0.717) is 22.1 Å². The average Bonchev–Trinajstić information content (AvgIpc) is 3.09. The Labute approximate surface area is 155 Å². The summed E-state index contributed by atoms with van der Waals surface area (Å²) < 4.78 is 20.8. The topological polar surface area (TPSA) is 83.1 Å². The summed E-state index contributed by atoms with van der Waals surface area (Å²) in [5.74, 6) is 0.568. The van der Waals surface area contributed by atoms with Crippen LogP contribution in [0.5, 0.6) is 17.2 Å². The number of ether oxygens (including phenoxy) is 4. The minimum atomic E-state index is -0.500. The summed E-state index contributed by atoms with van der Waals surface area (Å²) in [6.07, 6.45) is 0. The van der Waals surface area contributed by atoms with Crippen LogP contribution in [0.4, 0.5) is 0 Å². The largest absolute Gasteiger partial charge is 0.493 e. The number of aryl methyl sites for hydroxylation is 1. The Balaban J connectivity index is 1.93. The maximum atomic E-state index is 11.9. The van der Waals surface area contributed by atoms with Gasteiger partial charge in [-0.1, -0.05) is 0 Å². The van der Waals surface area contributed by atoms with Crippen molar-refractivity contribution in [2.45, 2.75) is 13.5 Å². The Bertz CT molecular complexity index is 761. The Morgan fingerprint density at radius 3 is 2.23 bits per heavy atom. The molecular formula is C18H21NO6S. The molecule has 1 N–H and O–H groups in total. The van der Waals surface area contributed by atoms with Crippen molar-refractivity contribution in [2.75, 3.05) is 27.9 Å². The summed E-state index contributed by atoms with van der Waals surface area (Å²) >= 11 is 1.29. The second-order valence-corrected chi connectivity index (χ2v) is 6.24. The first-order valence-corrected chi connectivity index (χ1v) is 8.65. The maximum Gasteiger partial charge on any atom is 0.349 e. The molecule has 0 aliphatic rings. The van der Waals surface area contributed by atoms with E-state index in [9.17, 15) is 9.59 Å². The van der Waals surface area contributed by atoms with Gasteiger partial charge in [0.15, 0.2) is 18.1 Å². The zero-order valence-corrected chi connectivity index (χ0v) is 15.9. The number of rotatable bonds is 8. The Morgan fingerprint density at radius 2 is 1.73 bits per heavy atom. The zero-order chi connectivity index (χ0) is 19.1. The molecule has 140 valence electrons. The minimum Gasteiger partial charge on any atom is -0.493 e. The van der Waals surface area contributed by atoms with E-state index in [1.54, 1.807) is 17.5 Å². The summed E-state index contributed by atoms with van der Waals surface area (Å²) in [6.45, 7) is 1.70. The molecule has 0 aliphatic carbocycles. The van der Waals surface area contributed by atoms with Crippen LogP contribution in [-0.2, 0) is 16.1 Å². The molecule has 0 spiro atoms. The molecule has 0 saturated heterocycles. The number of thiophene rings is 1. The van der Waals surface area contributed by atoms with Crippen molar-refractivity contribution in [3.05, 3.63) is 39.6 Å². The zero-order valence-electron chi connectivity index (χ0n) is 15.1. The third-order valence-corrected chi connectivity index (χ3v) is 4.59. The number of esters is 1. The molecule has 0 fully saturated rings. The predicted octanol–water partition coefficient (Wildman–Crippen LogP) is 2.56. The van der Waals surface area contributed by atoms with Crippen LogP contribution in [0.3, 0.4) is 0 Å². The molecule has 1 aromatic carbocycles. The molecule has 8 heteroatoms. The van der Waals surface area contributed by atoms with E-state index in [1.807, 2.05) is 13.0 Å². The van der Waals surface area contributed by atoms with Gasteiger partial charge in [-0.3, -0.25) is 4.79 Å². The number of amides is 1. The van der Waals surface area contributed by atoms with Gasteiger partial charge in [-0.15, -0.1) is 11.3 Å². The standard InChI is InChI=1S/C18H21NO6S/c1-11-5-6-26-17(11)18(21)25-10-15(20)19-9-12-7-13(22-2)16(24-4)14(8-12)23-3/h5-8H,9-10H2,1-4H3,(H,19,20). The van der Waals surface area contributed by atoms with E-state index in [2.05, 4.69) is 5.32 Å². The van der Waals surface area contributed by atoms with Crippen molar-refractivity contribution < 1.29 is 28.5 Å². The second kappa shape index (κ2) is 9.10. The molecule has 1 amide bonds. The van der Waals surface area contributed by atoms with Crippen LogP contribution in [0.15, 0.2) is 23.6 Å². The fraction of sp³-hybridized carbons (Fsp3) is 0.333. The van der Waals surface area contributed by atoms with Crippen LogP contribution in [0.25, 0.3) is 0 Å². The lowest BCUT2D eigenvalue weighted by Crippen LogP contribution is -2.28. The van der Waals surface area contributed by atoms with E-state index >= 15 is 0 Å². The van der Waals surface area contributed by atoms with Crippen LogP contribution < -0.4 is 19.5 Å². The van der Waals surface area contributed by atoms with Crippen molar-refractivity contribution in [3.63, 3.8) is 0 Å². The van der Waals surface area contributed by atoms with Crippen molar-refractivity contribution in [2.24, 2.45) is 0 Å². The van der Waals surface area contributed by atoms with Crippen LogP contribution in [0, 0.1) is 6.92 Å². The van der Waals surface area contributed by atoms with Gasteiger partial charge in [-0.2, -0.15) is 0 Å². The number of hydrogen-bond donors (Lipinski definition) is 1. The predicted molar refractivity (Wildman–Crippen MR) is 97.3 cm³/mol. The van der Waals surface area contributed by atoms with Crippen LogP contribution in [-0.4, -0.2) is 39.8 Å². The quantitative estimate of drug-likeness (QED) is 0.710. The molecule has 2 rings (SSSR count). The molecule has 2 aromatic rings. The first-order chi connectivity index (χ1) is 12.5. The number of hydrogen-bond acceptors (Lipinski definition) is 7. The smallest absolute Gasteiger partial charge is 0.349 e. The Morgan fingerprint density at radius 1 is 1.08 bits per heavy atom. The van der Waals surface area contributed by atoms with E-state index in [0.717, 1.165) is 11.1 Å². The lowest BCUT2D eigenvalue weighted by Gasteiger charge is -2.14. The van der Waals surface area contributed by atoms with Gasteiger partial charge in [0.05, 0.1) is 21.3 Å². The summed E-state index contributed by atoms with van der Waals surface area (Å²) in [7, 11) is 4.56. The molecule has 1 aromatic heterocycles. The molecule has 0 atom stereocenters. The molecule has 0 bridgehead atoms. The first-order valence-electron chi connectivity index (χ1n) is 7.77. The molecule has 0 unspecified atom stereocenters. The maximum absolute atomic E-state index is 11.9. The van der Waals surface area contributed by atoms with Crippen molar-refractivity contribution in [1.29, 1.82) is 0 Å². The van der Waals surface area contributed by atoms with Gasteiger partial charge >= 0.3 is 5.97 Å². The molecule has 7 nitrogen and oxygen atoms in total. The van der Waals surface area contributed by atoms with Gasteiger partial charge in [0, 0.05) is 6.54 Å². The Kier molecular flexibility index (Phi) is 6.85. The SMILES string of the molecule is COc1cc(CNC(=O)COC(=O)c2sccc2C)cc(OC)c1OC. The van der Waals surface area contributed by atoms with Gasteiger partial charge in [0.25, 0.3) is 5.91 Å². The number of carbonyl (C=O) groups is 2. The number of methoxy groups -OCH3 is 3. The highest BCUT2D eigenvalue weighted by Gasteiger charge is 2.15. The first kappa shape index (κ1) is 19.6. The molecule has 0 saturated carbocycles. The summed E-state index contributed by atoms with van der Waals surface area (Å²) in [5.41, 5.74) is 1.59. The highest BCUT2D eigenvalue weighted by Crippen LogP contribution is 2.38. The summed E-state index contributed by atoms with van der Waals surface area (Å²) in [6, 6.07) is 5.30. The lowest BCUT2D eigenvalue weighted by atomic mass is 10.1. The monoisotopic (exact) mass is 379 g/mol. The third-order valence-electron chi connectivity index (χ3n) is 3.60. The van der Waals surface area contributed by atoms with Crippen molar-refractivity contribution in [3.8, 4) is 17.2 Å². The van der Waals surface area contributed by atoms with E-state index in [1.165, 1.54) is 32.7 Å². The minimum absolute atomic E-state index is 0.227. The van der Waals surface area contributed by atoms with Crippen LogP contribution in [0.2, 0.25) is 0 Å². The molecule has 26 heavy (non-hydrogen) atoms. The molecule has 0 aliphatic heterocycles. The van der Waals surface area contributed by atoms with Crippen LogP contribution >= 0.6 is 11.3 Å². The molecule has 1 heterocycles. The third kappa shape index (κ3) is 4.66. The summed E-state index contributed by atoms with van der Waals surface area (Å²) in [4.78, 5) is 24.3. The molecule has 0 radical (unpaired) electrons. The highest BCUT2D eigenvalue weighted by molar-refractivity contribution is 7.12. The highest BCUT2D eigenvalue weighted by atomic mass is 32.1. The fourth-order valence-corrected chi connectivity index (χ4v) is 3.08. The lowest BCUT2D eigenvalue weighted by molar-refractivity contribution is -0.124. The normalized spacial score (nSPS) is 10.2. The van der Waals surface area contributed by atoms with Crippen molar-refractivity contribution in [1.82, 2.24) is 5.32 Å².